The monoisotopic (exact) mass is 483 g/mol. The molecule has 0 radical (unpaired) electrons. The number of halogens is 2. The lowest BCUT2D eigenvalue weighted by molar-refractivity contribution is -0.116. The van der Waals surface area contributed by atoms with Crippen molar-refractivity contribution in [1.82, 2.24) is 5.32 Å². The number of anilines is 2. The highest BCUT2D eigenvalue weighted by molar-refractivity contribution is 7.92. The van der Waals surface area contributed by atoms with Gasteiger partial charge in [-0.3, -0.25) is 13.9 Å². The molecule has 2 rings (SSSR count). The topological polar surface area (TPSA) is 95.6 Å². The molecule has 0 fully saturated rings. The van der Waals surface area contributed by atoms with Gasteiger partial charge in [-0.15, -0.1) is 6.58 Å². The maximum atomic E-state index is 12.4. The van der Waals surface area contributed by atoms with Crippen molar-refractivity contribution >= 4 is 56.4 Å². The summed E-state index contributed by atoms with van der Waals surface area (Å²) in [5, 5.41) is 5.94. The third kappa shape index (κ3) is 7.27. The van der Waals surface area contributed by atoms with E-state index in [1.807, 2.05) is 0 Å². The first kappa shape index (κ1) is 24.7. The molecular weight excluding hydrogens is 461 g/mol. The Labute approximate surface area is 192 Å². The fourth-order valence-corrected chi connectivity index (χ4v) is 4.19. The van der Waals surface area contributed by atoms with Crippen LogP contribution in [0.5, 0.6) is 0 Å². The number of benzene rings is 2. The lowest BCUT2D eigenvalue weighted by atomic mass is 10.1. The molecule has 0 aliphatic heterocycles. The van der Waals surface area contributed by atoms with Gasteiger partial charge < -0.3 is 10.6 Å². The molecular formula is C21H23Cl2N3O4S. The molecule has 0 saturated heterocycles. The van der Waals surface area contributed by atoms with E-state index in [4.69, 9.17) is 23.2 Å². The van der Waals surface area contributed by atoms with E-state index in [0.29, 0.717) is 22.8 Å². The smallest absolute Gasteiger partial charge is 0.253 e. The van der Waals surface area contributed by atoms with E-state index in [1.54, 1.807) is 36.4 Å². The van der Waals surface area contributed by atoms with Crippen LogP contribution in [0.15, 0.2) is 55.1 Å². The molecule has 31 heavy (non-hydrogen) atoms. The summed E-state index contributed by atoms with van der Waals surface area (Å²) >= 11 is 12.1. The molecule has 0 heterocycles. The Morgan fingerprint density at radius 2 is 1.87 bits per heavy atom. The highest BCUT2D eigenvalue weighted by Crippen LogP contribution is 2.31. The van der Waals surface area contributed by atoms with Gasteiger partial charge in [-0.05, 0) is 36.8 Å². The largest absolute Gasteiger partial charge is 0.349 e. The molecule has 10 heteroatoms. The minimum absolute atomic E-state index is 0.0345. The van der Waals surface area contributed by atoms with Gasteiger partial charge in [0.1, 0.15) is 0 Å². The quantitative estimate of drug-likeness (QED) is 0.497. The van der Waals surface area contributed by atoms with E-state index in [1.165, 1.54) is 12.1 Å². The standard InChI is InChI=1S/C21H23Cl2N3O4S/c1-3-12-24-21(28)16-7-4-5-8-18(16)25-20(27)9-6-13-26(31(2,29)30)19-14-15(22)10-11-17(19)23/h3-5,7-8,10-11,14H,1,6,9,12-13H2,2H3,(H,24,28)(H,25,27). The van der Waals surface area contributed by atoms with Crippen LogP contribution >= 0.6 is 23.2 Å². The molecule has 166 valence electrons. The van der Waals surface area contributed by atoms with E-state index in [0.717, 1.165) is 10.6 Å². The average molecular weight is 484 g/mol. The number of nitrogens with one attached hydrogen (secondary N) is 2. The predicted octanol–water partition coefficient (Wildman–Crippen LogP) is 4.09. The van der Waals surface area contributed by atoms with Crippen molar-refractivity contribution in [1.29, 1.82) is 0 Å². The number of carbonyl (C=O) groups is 2. The van der Waals surface area contributed by atoms with E-state index in [9.17, 15) is 18.0 Å². The Balaban J connectivity index is 2.05. The first-order valence-electron chi connectivity index (χ1n) is 9.34. The summed E-state index contributed by atoms with van der Waals surface area (Å²) in [6.07, 6.45) is 2.88. The highest BCUT2D eigenvalue weighted by atomic mass is 35.5. The van der Waals surface area contributed by atoms with E-state index in [-0.39, 0.29) is 41.9 Å². The van der Waals surface area contributed by atoms with Crippen molar-refractivity contribution in [2.75, 3.05) is 29.0 Å². The molecule has 0 atom stereocenters. The van der Waals surface area contributed by atoms with Gasteiger partial charge in [0, 0.05) is 24.5 Å². The molecule has 2 N–H and O–H groups in total. The van der Waals surface area contributed by atoms with E-state index < -0.39 is 10.0 Å². The van der Waals surface area contributed by atoms with E-state index in [2.05, 4.69) is 17.2 Å². The summed E-state index contributed by atoms with van der Waals surface area (Å²) in [4.78, 5) is 24.6. The molecule has 0 spiro atoms. The number of hydrogen-bond acceptors (Lipinski definition) is 4. The summed E-state index contributed by atoms with van der Waals surface area (Å²) in [6, 6.07) is 11.1. The van der Waals surface area contributed by atoms with Crippen molar-refractivity contribution in [2.45, 2.75) is 12.8 Å². The Morgan fingerprint density at radius 1 is 1.16 bits per heavy atom. The number of para-hydroxylation sites is 1. The fourth-order valence-electron chi connectivity index (χ4n) is 2.79. The second kappa shape index (κ2) is 11.2. The van der Waals surface area contributed by atoms with Crippen LogP contribution in [-0.4, -0.2) is 39.6 Å². The van der Waals surface area contributed by atoms with Crippen molar-refractivity contribution in [3.8, 4) is 0 Å². The van der Waals surface area contributed by atoms with Gasteiger partial charge in [0.2, 0.25) is 15.9 Å². The molecule has 2 amide bonds. The van der Waals surface area contributed by atoms with Gasteiger partial charge in [-0.25, -0.2) is 8.42 Å². The van der Waals surface area contributed by atoms with Crippen molar-refractivity contribution < 1.29 is 18.0 Å². The zero-order chi connectivity index (χ0) is 23.0. The first-order chi connectivity index (χ1) is 14.6. The summed E-state index contributed by atoms with van der Waals surface area (Å²) in [7, 11) is -3.64. The number of hydrogen-bond donors (Lipinski definition) is 2. The zero-order valence-corrected chi connectivity index (χ0v) is 19.2. The molecule has 7 nitrogen and oxygen atoms in total. The fraction of sp³-hybridized carbons (Fsp3) is 0.238. The van der Waals surface area contributed by atoms with Crippen LogP contribution in [0.3, 0.4) is 0 Å². The minimum atomic E-state index is -3.64. The molecule has 0 bridgehead atoms. The SMILES string of the molecule is C=CCNC(=O)c1ccccc1NC(=O)CCCN(c1cc(Cl)ccc1Cl)S(C)(=O)=O. The Hall–Kier alpha value is -2.55. The van der Waals surface area contributed by atoms with Gasteiger partial charge in [0.25, 0.3) is 5.91 Å². The summed E-state index contributed by atoms with van der Waals surface area (Å²) in [6.45, 7) is 3.88. The van der Waals surface area contributed by atoms with Crippen LogP contribution in [0.4, 0.5) is 11.4 Å². The number of amides is 2. The maximum absolute atomic E-state index is 12.4. The third-order valence-corrected chi connectivity index (χ3v) is 5.93. The van der Waals surface area contributed by atoms with Gasteiger partial charge in [0.15, 0.2) is 0 Å². The van der Waals surface area contributed by atoms with Crippen molar-refractivity contribution in [3.05, 3.63) is 70.7 Å². The molecule has 2 aromatic carbocycles. The molecule has 0 aliphatic rings. The third-order valence-electron chi connectivity index (χ3n) is 4.19. The zero-order valence-electron chi connectivity index (χ0n) is 16.9. The second-order valence-electron chi connectivity index (χ2n) is 6.63. The van der Waals surface area contributed by atoms with Gasteiger partial charge in [0.05, 0.1) is 28.2 Å². The average Bonchev–Trinajstić information content (AvgIpc) is 2.71. The molecule has 0 unspecified atom stereocenters. The number of nitrogens with zero attached hydrogens (tertiary/aromatic N) is 1. The summed E-state index contributed by atoms with van der Waals surface area (Å²) in [5.41, 5.74) is 0.939. The predicted molar refractivity (Wildman–Crippen MR) is 125 cm³/mol. The van der Waals surface area contributed by atoms with Crippen molar-refractivity contribution in [3.63, 3.8) is 0 Å². The van der Waals surface area contributed by atoms with Crippen LogP contribution < -0.4 is 14.9 Å². The minimum Gasteiger partial charge on any atom is -0.349 e. The van der Waals surface area contributed by atoms with Gasteiger partial charge >= 0.3 is 0 Å². The Kier molecular flexibility index (Phi) is 8.91. The normalized spacial score (nSPS) is 10.9. The number of sulfonamides is 1. The lowest BCUT2D eigenvalue weighted by Crippen LogP contribution is -2.31. The number of rotatable bonds is 10. The first-order valence-corrected chi connectivity index (χ1v) is 11.9. The maximum Gasteiger partial charge on any atom is 0.253 e. The highest BCUT2D eigenvalue weighted by Gasteiger charge is 2.21. The Morgan fingerprint density at radius 3 is 2.55 bits per heavy atom. The van der Waals surface area contributed by atoms with E-state index >= 15 is 0 Å². The summed E-state index contributed by atoms with van der Waals surface area (Å²) < 4.78 is 25.6. The summed E-state index contributed by atoms with van der Waals surface area (Å²) in [5.74, 6) is -0.690. The van der Waals surface area contributed by atoms with Crippen LogP contribution in [-0.2, 0) is 14.8 Å². The van der Waals surface area contributed by atoms with Crippen LogP contribution in [0.1, 0.15) is 23.2 Å². The Bertz CT molecular complexity index is 1070. The molecule has 0 saturated carbocycles. The molecule has 2 aromatic rings. The van der Waals surface area contributed by atoms with Crippen molar-refractivity contribution in [2.24, 2.45) is 0 Å². The second-order valence-corrected chi connectivity index (χ2v) is 9.38. The lowest BCUT2D eigenvalue weighted by Gasteiger charge is -2.23. The van der Waals surface area contributed by atoms with Crippen LogP contribution in [0.25, 0.3) is 0 Å². The van der Waals surface area contributed by atoms with Gasteiger partial charge in [-0.1, -0.05) is 41.4 Å². The number of carbonyl (C=O) groups excluding carboxylic acids is 2. The van der Waals surface area contributed by atoms with Crippen LogP contribution in [0, 0.1) is 0 Å². The molecule has 0 aliphatic carbocycles. The van der Waals surface area contributed by atoms with Gasteiger partial charge in [-0.2, -0.15) is 0 Å². The molecule has 0 aromatic heterocycles. The van der Waals surface area contributed by atoms with Crippen LogP contribution in [0.2, 0.25) is 10.0 Å².